The van der Waals surface area contributed by atoms with Gasteiger partial charge in [0.05, 0.1) is 0 Å². The number of aromatic nitrogens is 2. The standard InChI is InChI=1S/C16H23N3O3S/c1-4-5-12(6-7-20)8-17-14(21)13-9-18-16-19(15(13)22)10(2)11(3)23-16/h9,12,20H,4-8H2,1-3H3,(H,17,21). The normalized spacial score (nSPS) is 12.5. The molecule has 6 nitrogen and oxygen atoms in total. The van der Waals surface area contributed by atoms with Crippen molar-refractivity contribution in [2.75, 3.05) is 13.2 Å². The summed E-state index contributed by atoms with van der Waals surface area (Å²) in [6.07, 6.45) is 3.92. The van der Waals surface area contributed by atoms with Crippen LogP contribution in [0.3, 0.4) is 0 Å². The summed E-state index contributed by atoms with van der Waals surface area (Å²) in [6, 6.07) is 0. The predicted octanol–water partition coefficient (Wildman–Crippen LogP) is 1.90. The number of carbonyl (C=O) groups excluding carboxylic acids is 1. The highest BCUT2D eigenvalue weighted by Gasteiger charge is 2.17. The van der Waals surface area contributed by atoms with E-state index in [1.807, 2.05) is 13.8 Å². The predicted molar refractivity (Wildman–Crippen MR) is 91.2 cm³/mol. The van der Waals surface area contributed by atoms with E-state index < -0.39 is 5.91 Å². The van der Waals surface area contributed by atoms with E-state index in [0.29, 0.717) is 17.9 Å². The van der Waals surface area contributed by atoms with Gasteiger partial charge in [-0.15, -0.1) is 11.3 Å². The molecule has 0 saturated heterocycles. The van der Waals surface area contributed by atoms with Crippen molar-refractivity contribution in [1.29, 1.82) is 0 Å². The summed E-state index contributed by atoms with van der Waals surface area (Å²) >= 11 is 1.44. The highest BCUT2D eigenvalue weighted by molar-refractivity contribution is 7.17. The molecule has 0 aromatic carbocycles. The largest absolute Gasteiger partial charge is 0.396 e. The van der Waals surface area contributed by atoms with Crippen LogP contribution in [0.5, 0.6) is 0 Å². The monoisotopic (exact) mass is 337 g/mol. The molecule has 1 unspecified atom stereocenters. The van der Waals surface area contributed by atoms with Gasteiger partial charge in [0.25, 0.3) is 11.5 Å². The van der Waals surface area contributed by atoms with Crippen molar-refractivity contribution in [3.05, 3.63) is 32.7 Å². The third-order valence-electron chi connectivity index (χ3n) is 4.05. The van der Waals surface area contributed by atoms with Gasteiger partial charge in [-0.25, -0.2) is 4.98 Å². The lowest BCUT2D eigenvalue weighted by Gasteiger charge is -2.15. The maximum absolute atomic E-state index is 12.5. The first-order chi connectivity index (χ1) is 11.0. The first-order valence-electron chi connectivity index (χ1n) is 7.86. The van der Waals surface area contributed by atoms with E-state index >= 15 is 0 Å². The number of amides is 1. The van der Waals surface area contributed by atoms with Gasteiger partial charge in [0.1, 0.15) is 5.56 Å². The van der Waals surface area contributed by atoms with Crippen molar-refractivity contribution < 1.29 is 9.90 Å². The second-order valence-corrected chi connectivity index (χ2v) is 6.90. The molecule has 0 saturated carbocycles. The van der Waals surface area contributed by atoms with Crippen LogP contribution in [0, 0.1) is 19.8 Å². The van der Waals surface area contributed by atoms with Crippen molar-refractivity contribution in [3.8, 4) is 0 Å². The van der Waals surface area contributed by atoms with Crippen molar-refractivity contribution in [2.24, 2.45) is 5.92 Å². The second kappa shape index (κ2) is 7.70. The molecular formula is C16H23N3O3S. The molecule has 2 N–H and O–H groups in total. The number of nitrogens with one attached hydrogen (secondary N) is 1. The molecule has 7 heteroatoms. The molecule has 2 heterocycles. The number of thiazole rings is 1. The number of aryl methyl sites for hydroxylation is 2. The Balaban J connectivity index is 2.19. The van der Waals surface area contributed by atoms with E-state index in [1.54, 1.807) is 0 Å². The molecule has 1 atom stereocenters. The fraction of sp³-hybridized carbons (Fsp3) is 0.562. The third kappa shape index (κ3) is 3.79. The van der Waals surface area contributed by atoms with Gasteiger partial charge in [0, 0.05) is 29.9 Å². The average molecular weight is 337 g/mol. The van der Waals surface area contributed by atoms with E-state index in [0.717, 1.165) is 23.4 Å². The van der Waals surface area contributed by atoms with Gasteiger partial charge in [-0.1, -0.05) is 13.3 Å². The minimum atomic E-state index is -0.404. The van der Waals surface area contributed by atoms with Crippen LogP contribution in [0.25, 0.3) is 4.96 Å². The molecular weight excluding hydrogens is 314 g/mol. The molecule has 0 aliphatic heterocycles. The lowest BCUT2D eigenvalue weighted by molar-refractivity contribution is 0.0941. The van der Waals surface area contributed by atoms with Gasteiger partial charge >= 0.3 is 0 Å². The quantitative estimate of drug-likeness (QED) is 0.808. The molecule has 2 aromatic rings. The molecule has 2 rings (SSSR count). The maximum atomic E-state index is 12.5. The number of carbonyl (C=O) groups is 1. The fourth-order valence-corrected chi connectivity index (χ4v) is 3.53. The second-order valence-electron chi connectivity index (χ2n) is 5.72. The SMILES string of the molecule is CCCC(CCO)CNC(=O)c1cnc2sc(C)c(C)n2c1=O. The van der Waals surface area contributed by atoms with E-state index in [-0.39, 0.29) is 23.6 Å². The zero-order valence-electron chi connectivity index (χ0n) is 13.8. The highest BCUT2D eigenvalue weighted by atomic mass is 32.1. The van der Waals surface area contributed by atoms with E-state index in [4.69, 9.17) is 5.11 Å². The average Bonchev–Trinajstić information content (AvgIpc) is 2.81. The Kier molecular flexibility index (Phi) is 5.90. The minimum Gasteiger partial charge on any atom is -0.396 e. The lowest BCUT2D eigenvalue weighted by Crippen LogP contribution is -2.34. The summed E-state index contributed by atoms with van der Waals surface area (Å²) in [4.78, 5) is 30.7. The number of aliphatic hydroxyl groups excluding tert-OH is 1. The molecule has 0 bridgehead atoms. The van der Waals surface area contributed by atoms with Crippen molar-refractivity contribution in [2.45, 2.75) is 40.0 Å². The smallest absolute Gasteiger partial charge is 0.271 e. The summed E-state index contributed by atoms with van der Waals surface area (Å²) < 4.78 is 1.49. The summed E-state index contributed by atoms with van der Waals surface area (Å²) in [7, 11) is 0. The Morgan fingerprint density at radius 3 is 2.83 bits per heavy atom. The number of aliphatic hydroxyl groups is 1. The van der Waals surface area contributed by atoms with Crippen LogP contribution in [-0.2, 0) is 0 Å². The summed E-state index contributed by atoms with van der Waals surface area (Å²) in [6.45, 7) is 6.40. The van der Waals surface area contributed by atoms with E-state index in [9.17, 15) is 9.59 Å². The molecule has 0 fully saturated rings. The Labute approximate surface area is 139 Å². The maximum Gasteiger partial charge on any atom is 0.271 e. The summed E-state index contributed by atoms with van der Waals surface area (Å²) in [5, 5.41) is 11.9. The third-order valence-corrected chi connectivity index (χ3v) is 5.12. The van der Waals surface area contributed by atoms with Gasteiger partial charge in [0.15, 0.2) is 4.96 Å². The summed E-state index contributed by atoms with van der Waals surface area (Å²) in [5.74, 6) is -0.183. The molecule has 23 heavy (non-hydrogen) atoms. The van der Waals surface area contributed by atoms with Gasteiger partial charge in [-0.05, 0) is 32.6 Å². The van der Waals surface area contributed by atoms with Crippen molar-refractivity contribution in [1.82, 2.24) is 14.7 Å². The molecule has 1 amide bonds. The zero-order valence-corrected chi connectivity index (χ0v) is 14.6. The highest BCUT2D eigenvalue weighted by Crippen LogP contribution is 2.18. The Hall–Kier alpha value is -1.73. The number of fused-ring (bicyclic) bond motifs is 1. The van der Waals surface area contributed by atoms with Crippen LogP contribution < -0.4 is 10.9 Å². The van der Waals surface area contributed by atoms with Gasteiger partial charge in [0.2, 0.25) is 0 Å². The van der Waals surface area contributed by atoms with Gasteiger partial charge < -0.3 is 10.4 Å². The topological polar surface area (TPSA) is 83.7 Å². The Morgan fingerprint density at radius 1 is 1.43 bits per heavy atom. The van der Waals surface area contributed by atoms with E-state index in [1.165, 1.54) is 21.9 Å². The minimum absolute atomic E-state index is 0.0580. The van der Waals surface area contributed by atoms with Crippen LogP contribution in [0.4, 0.5) is 0 Å². The number of nitrogens with zero attached hydrogens (tertiary/aromatic N) is 2. The molecule has 0 spiro atoms. The van der Waals surface area contributed by atoms with E-state index in [2.05, 4.69) is 17.2 Å². The van der Waals surface area contributed by atoms with Gasteiger partial charge in [-0.3, -0.25) is 14.0 Å². The van der Waals surface area contributed by atoms with Crippen LogP contribution in [0.15, 0.2) is 11.0 Å². The van der Waals surface area contributed by atoms with Crippen LogP contribution in [-0.4, -0.2) is 33.6 Å². The van der Waals surface area contributed by atoms with Crippen LogP contribution in [0.2, 0.25) is 0 Å². The number of hydrogen-bond donors (Lipinski definition) is 2. The molecule has 0 aliphatic rings. The molecule has 126 valence electrons. The van der Waals surface area contributed by atoms with Crippen molar-refractivity contribution >= 4 is 22.2 Å². The van der Waals surface area contributed by atoms with Crippen molar-refractivity contribution in [3.63, 3.8) is 0 Å². The number of rotatable bonds is 7. The number of hydrogen-bond acceptors (Lipinski definition) is 5. The van der Waals surface area contributed by atoms with Crippen LogP contribution in [0.1, 0.15) is 47.1 Å². The molecule has 2 aromatic heterocycles. The molecule has 0 aliphatic carbocycles. The Bertz CT molecular complexity index is 745. The first kappa shape index (κ1) is 17.6. The fourth-order valence-electron chi connectivity index (χ4n) is 2.60. The lowest BCUT2D eigenvalue weighted by atomic mass is 10.0. The zero-order chi connectivity index (χ0) is 17.0. The Morgan fingerprint density at radius 2 is 2.17 bits per heavy atom. The molecule has 0 radical (unpaired) electrons. The van der Waals surface area contributed by atoms with Crippen LogP contribution >= 0.6 is 11.3 Å². The van der Waals surface area contributed by atoms with Gasteiger partial charge in [-0.2, -0.15) is 0 Å². The summed E-state index contributed by atoms with van der Waals surface area (Å²) in [5.41, 5.74) is 0.549. The first-order valence-corrected chi connectivity index (χ1v) is 8.68.